The van der Waals surface area contributed by atoms with Gasteiger partial charge >= 0.3 is 0 Å². The third-order valence-electron chi connectivity index (χ3n) is 3.51. The van der Waals surface area contributed by atoms with Gasteiger partial charge in [-0.3, -0.25) is 20.2 Å². The van der Waals surface area contributed by atoms with Gasteiger partial charge in [0.2, 0.25) is 5.13 Å². The van der Waals surface area contributed by atoms with Crippen molar-refractivity contribution < 1.29 is 9.72 Å². The Kier molecular flexibility index (Phi) is 4.96. The van der Waals surface area contributed by atoms with Gasteiger partial charge in [-0.15, -0.1) is 10.2 Å². The van der Waals surface area contributed by atoms with Gasteiger partial charge in [0.1, 0.15) is 10.6 Å². The van der Waals surface area contributed by atoms with Gasteiger partial charge in [-0.25, -0.2) is 0 Å². The standard InChI is InChI=1S/C14H15ClN4O3S/c1-4-14(2,3)12-17-18-13(23-12)16-11(20)9-7-8(15)5-6-10(9)19(21)22/h5-7H,4H2,1-3H3,(H,16,18,20). The number of halogens is 1. The fourth-order valence-electron chi connectivity index (χ4n) is 1.71. The number of nitro benzene ring substituents is 1. The van der Waals surface area contributed by atoms with Crippen LogP contribution in [0.1, 0.15) is 42.6 Å². The zero-order valence-electron chi connectivity index (χ0n) is 12.8. The highest BCUT2D eigenvalue weighted by atomic mass is 35.5. The van der Waals surface area contributed by atoms with E-state index in [0.29, 0.717) is 5.13 Å². The monoisotopic (exact) mass is 354 g/mol. The van der Waals surface area contributed by atoms with Crippen molar-refractivity contribution in [1.29, 1.82) is 0 Å². The van der Waals surface area contributed by atoms with Gasteiger partial charge in [-0.05, 0) is 18.6 Å². The van der Waals surface area contributed by atoms with E-state index in [1.165, 1.54) is 29.5 Å². The SMILES string of the molecule is CCC(C)(C)c1nnc(NC(=O)c2cc(Cl)ccc2[N+](=O)[O-])s1. The number of carbonyl (C=O) groups excluding carboxylic acids is 1. The van der Waals surface area contributed by atoms with Crippen molar-refractivity contribution in [3.8, 4) is 0 Å². The lowest BCUT2D eigenvalue weighted by Gasteiger charge is -2.17. The van der Waals surface area contributed by atoms with Crippen LogP contribution in [0.15, 0.2) is 18.2 Å². The highest BCUT2D eigenvalue weighted by Gasteiger charge is 2.25. The molecule has 2 aromatic rings. The maximum Gasteiger partial charge on any atom is 0.282 e. The number of carbonyl (C=O) groups is 1. The molecule has 0 aliphatic heterocycles. The molecule has 7 nitrogen and oxygen atoms in total. The molecule has 1 amide bonds. The van der Waals surface area contributed by atoms with E-state index in [2.05, 4.69) is 15.5 Å². The van der Waals surface area contributed by atoms with Crippen LogP contribution in [0.2, 0.25) is 5.02 Å². The van der Waals surface area contributed by atoms with Gasteiger partial charge in [-0.2, -0.15) is 0 Å². The van der Waals surface area contributed by atoms with Gasteiger partial charge in [0.25, 0.3) is 11.6 Å². The van der Waals surface area contributed by atoms with Crippen LogP contribution in [0, 0.1) is 10.1 Å². The van der Waals surface area contributed by atoms with Crippen LogP contribution in [-0.4, -0.2) is 21.0 Å². The molecule has 23 heavy (non-hydrogen) atoms. The summed E-state index contributed by atoms with van der Waals surface area (Å²) in [7, 11) is 0. The molecule has 0 spiro atoms. The molecule has 1 N–H and O–H groups in total. The van der Waals surface area contributed by atoms with Crippen molar-refractivity contribution in [3.63, 3.8) is 0 Å². The van der Waals surface area contributed by atoms with Crippen LogP contribution in [0.4, 0.5) is 10.8 Å². The Labute approximate surface area is 141 Å². The molecule has 0 atom stereocenters. The van der Waals surface area contributed by atoms with Crippen molar-refractivity contribution in [2.75, 3.05) is 5.32 Å². The van der Waals surface area contributed by atoms with E-state index in [1.807, 2.05) is 20.8 Å². The Bertz CT molecular complexity index is 760. The molecule has 0 fully saturated rings. The molecule has 0 aliphatic carbocycles. The summed E-state index contributed by atoms with van der Waals surface area (Å²) in [5.74, 6) is -0.642. The van der Waals surface area contributed by atoms with Gasteiger partial charge in [0.05, 0.1) is 4.92 Å². The number of hydrogen-bond acceptors (Lipinski definition) is 6. The first kappa shape index (κ1) is 17.3. The van der Waals surface area contributed by atoms with Crippen molar-refractivity contribution in [2.24, 2.45) is 0 Å². The Morgan fingerprint density at radius 3 is 2.74 bits per heavy atom. The van der Waals surface area contributed by atoms with Gasteiger partial charge < -0.3 is 0 Å². The second-order valence-corrected chi connectivity index (χ2v) is 6.94. The molecule has 0 bridgehead atoms. The van der Waals surface area contributed by atoms with E-state index in [-0.39, 0.29) is 21.7 Å². The van der Waals surface area contributed by atoms with Gasteiger partial charge in [0, 0.05) is 16.5 Å². The minimum absolute atomic E-state index is 0.117. The van der Waals surface area contributed by atoms with E-state index >= 15 is 0 Å². The predicted molar refractivity (Wildman–Crippen MR) is 89.3 cm³/mol. The highest BCUT2D eigenvalue weighted by Crippen LogP contribution is 2.31. The third kappa shape index (κ3) is 3.83. The minimum atomic E-state index is -0.642. The van der Waals surface area contributed by atoms with Crippen LogP contribution in [0.25, 0.3) is 0 Å². The Balaban J connectivity index is 2.27. The van der Waals surface area contributed by atoms with Crippen LogP contribution >= 0.6 is 22.9 Å². The summed E-state index contributed by atoms with van der Waals surface area (Å²) in [5.41, 5.74) is -0.581. The molecule has 0 radical (unpaired) electrons. The summed E-state index contributed by atoms with van der Waals surface area (Å²) in [5, 5.41) is 22.9. The average molecular weight is 355 g/mol. The van der Waals surface area contributed by atoms with Gasteiger partial charge in [-0.1, -0.05) is 43.7 Å². The number of amides is 1. The highest BCUT2D eigenvalue weighted by molar-refractivity contribution is 7.15. The largest absolute Gasteiger partial charge is 0.296 e. The first-order valence-corrected chi connectivity index (χ1v) is 8.03. The van der Waals surface area contributed by atoms with Gasteiger partial charge in [0.15, 0.2) is 0 Å². The molecule has 1 aromatic heterocycles. The van der Waals surface area contributed by atoms with Crippen LogP contribution in [0.5, 0.6) is 0 Å². The lowest BCUT2D eigenvalue weighted by molar-refractivity contribution is -0.385. The van der Waals surface area contributed by atoms with Crippen LogP contribution < -0.4 is 5.32 Å². The summed E-state index contributed by atoms with van der Waals surface area (Å²) in [6.07, 6.45) is 0.870. The number of rotatable bonds is 5. The quantitative estimate of drug-likeness (QED) is 0.645. The van der Waals surface area contributed by atoms with E-state index in [4.69, 9.17) is 11.6 Å². The van der Waals surface area contributed by atoms with E-state index < -0.39 is 10.8 Å². The number of hydrogen-bond donors (Lipinski definition) is 1. The van der Waals surface area contributed by atoms with E-state index in [9.17, 15) is 14.9 Å². The number of nitrogens with zero attached hydrogens (tertiary/aromatic N) is 3. The molecular formula is C14H15ClN4O3S. The number of anilines is 1. The molecule has 122 valence electrons. The summed E-state index contributed by atoms with van der Waals surface area (Å²) in [4.78, 5) is 22.7. The normalized spacial score (nSPS) is 11.3. The molecular weight excluding hydrogens is 340 g/mol. The van der Waals surface area contributed by atoms with E-state index in [1.54, 1.807) is 0 Å². The zero-order chi connectivity index (χ0) is 17.2. The fourth-order valence-corrected chi connectivity index (χ4v) is 2.80. The maximum absolute atomic E-state index is 12.3. The smallest absolute Gasteiger partial charge is 0.282 e. The fraction of sp³-hybridized carbons (Fsp3) is 0.357. The Morgan fingerprint density at radius 1 is 1.43 bits per heavy atom. The van der Waals surface area contributed by atoms with Crippen molar-refractivity contribution in [1.82, 2.24) is 10.2 Å². The molecule has 1 heterocycles. The van der Waals surface area contributed by atoms with Crippen LogP contribution in [-0.2, 0) is 5.41 Å². The summed E-state index contributed by atoms with van der Waals surface area (Å²) in [6.45, 7) is 6.09. The number of benzene rings is 1. The number of nitrogens with one attached hydrogen (secondary N) is 1. The minimum Gasteiger partial charge on any atom is -0.296 e. The molecule has 0 saturated carbocycles. The second kappa shape index (κ2) is 6.59. The third-order valence-corrected chi connectivity index (χ3v) is 4.95. The molecule has 0 saturated heterocycles. The maximum atomic E-state index is 12.3. The van der Waals surface area contributed by atoms with Crippen molar-refractivity contribution >= 4 is 39.7 Å². The molecule has 2 rings (SSSR count). The molecule has 0 unspecified atom stereocenters. The van der Waals surface area contributed by atoms with Crippen LogP contribution in [0.3, 0.4) is 0 Å². The molecule has 9 heteroatoms. The van der Waals surface area contributed by atoms with E-state index in [0.717, 1.165) is 11.4 Å². The first-order chi connectivity index (χ1) is 10.7. The molecule has 0 aliphatic rings. The summed E-state index contributed by atoms with van der Waals surface area (Å²) < 4.78 is 0. The second-order valence-electron chi connectivity index (χ2n) is 5.52. The summed E-state index contributed by atoms with van der Waals surface area (Å²) >= 11 is 7.07. The topological polar surface area (TPSA) is 98.0 Å². The Morgan fingerprint density at radius 2 is 2.13 bits per heavy atom. The lowest BCUT2D eigenvalue weighted by atomic mass is 9.91. The predicted octanol–water partition coefficient (Wildman–Crippen LogP) is 4.04. The Hall–Kier alpha value is -2.06. The van der Waals surface area contributed by atoms with Crippen molar-refractivity contribution in [2.45, 2.75) is 32.6 Å². The number of nitro groups is 1. The zero-order valence-corrected chi connectivity index (χ0v) is 14.4. The molecule has 1 aromatic carbocycles. The van der Waals surface area contributed by atoms with Crippen molar-refractivity contribution in [3.05, 3.63) is 43.9 Å². The summed E-state index contributed by atoms with van der Waals surface area (Å²) in [6, 6.07) is 3.82. The average Bonchev–Trinajstić information content (AvgIpc) is 2.96. The lowest BCUT2D eigenvalue weighted by Crippen LogP contribution is -2.14. The first-order valence-electron chi connectivity index (χ1n) is 6.84. The number of aromatic nitrogens is 2.